The van der Waals surface area contributed by atoms with Gasteiger partial charge in [-0.1, -0.05) is 13.8 Å². The second kappa shape index (κ2) is 9.27. The summed E-state index contributed by atoms with van der Waals surface area (Å²) in [4.78, 5) is 50.5. The zero-order chi connectivity index (χ0) is 20.9. The van der Waals surface area contributed by atoms with E-state index in [1.54, 1.807) is 20.8 Å². The molecule has 1 heterocycles. The van der Waals surface area contributed by atoms with E-state index in [9.17, 15) is 24.3 Å². The van der Waals surface area contributed by atoms with Gasteiger partial charge in [-0.15, -0.1) is 0 Å². The van der Waals surface area contributed by atoms with Crippen molar-refractivity contribution >= 4 is 23.8 Å². The molecule has 0 saturated carbocycles. The molecular weight excluding hydrogens is 354 g/mol. The number of carboxylic acids is 1. The third kappa shape index (κ3) is 6.59. The molecule has 2 amide bonds. The minimum atomic E-state index is -1.99. The van der Waals surface area contributed by atoms with E-state index >= 15 is 0 Å². The van der Waals surface area contributed by atoms with E-state index in [0.29, 0.717) is 24.3 Å². The van der Waals surface area contributed by atoms with Crippen molar-refractivity contribution in [3.05, 3.63) is 0 Å². The third-order valence-electron chi connectivity index (χ3n) is 4.04. The predicted octanol–water partition coefficient (Wildman–Crippen LogP) is 0.898. The van der Waals surface area contributed by atoms with Gasteiger partial charge >= 0.3 is 12.1 Å². The Balaban J connectivity index is 3.25. The minimum Gasteiger partial charge on any atom is -0.479 e. The minimum absolute atomic E-state index is 0.0416. The Morgan fingerprint density at radius 1 is 1.26 bits per heavy atom. The zero-order valence-electron chi connectivity index (χ0n) is 16.7. The number of nitrogens with two attached hydrogens (primary N) is 1. The largest absolute Gasteiger partial charge is 0.479 e. The lowest BCUT2D eigenvalue weighted by atomic mass is 9.99. The molecule has 0 radical (unpaired) electrons. The molecule has 4 N–H and O–H groups in total. The van der Waals surface area contributed by atoms with Gasteiger partial charge in [0.1, 0.15) is 5.60 Å². The van der Waals surface area contributed by atoms with E-state index in [2.05, 4.69) is 5.32 Å². The summed E-state index contributed by atoms with van der Waals surface area (Å²) in [5, 5.41) is 12.5. The summed E-state index contributed by atoms with van der Waals surface area (Å²) < 4.78 is 5.19. The predicted molar refractivity (Wildman–Crippen MR) is 98.0 cm³/mol. The molecule has 154 valence electrons. The number of hydrogen-bond donors (Lipinski definition) is 3. The first-order valence-corrected chi connectivity index (χ1v) is 9.16. The number of amides is 2. The molecule has 0 spiro atoms. The summed E-state index contributed by atoms with van der Waals surface area (Å²) in [6.07, 6.45) is 0.193. The summed E-state index contributed by atoms with van der Waals surface area (Å²) >= 11 is 0. The summed E-state index contributed by atoms with van der Waals surface area (Å²) in [6, 6.07) is -3.84. The molecule has 0 aromatic rings. The summed E-state index contributed by atoms with van der Waals surface area (Å²) in [7, 11) is 0. The van der Waals surface area contributed by atoms with Crippen molar-refractivity contribution in [2.45, 2.75) is 77.6 Å². The van der Waals surface area contributed by atoms with Gasteiger partial charge in [0.05, 0.1) is 12.1 Å². The number of aliphatic carboxylic acids is 1. The van der Waals surface area contributed by atoms with E-state index in [1.807, 2.05) is 13.8 Å². The summed E-state index contributed by atoms with van der Waals surface area (Å²) in [5.74, 6) is -3.24. The fourth-order valence-corrected chi connectivity index (χ4v) is 2.90. The number of rotatable bonds is 7. The first-order valence-electron chi connectivity index (χ1n) is 9.16. The van der Waals surface area contributed by atoms with Crippen LogP contribution in [0.1, 0.15) is 53.9 Å². The van der Waals surface area contributed by atoms with Crippen molar-refractivity contribution in [3.63, 3.8) is 0 Å². The molecule has 1 saturated heterocycles. The number of hydrogen-bond acceptors (Lipinski definition) is 7. The average molecular weight is 385 g/mol. The smallest absolute Gasteiger partial charge is 0.418 e. The maximum atomic E-state index is 12.8. The second-order valence-electron chi connectivity index (χ2n) is 8.22. The number of nitrogens with one attached hydrogen (secondary N) is 1. The Kier molecular flexibility index (Phi) is 7.91. The average Bonchev–Trinajstić information content (AvgIpc) is 3.02. The first-order chi connectivity index (χ1) is 12.3. The van der Waals surface area contributed by atoms with Gasteiger partial charge in [-0.05, 0) is 52.5 Å². The highest BCUT2D eigenvalue weighted by Gasteiger charge is 2.46. The molecule has 0 aliphatic carbocycles. The van der Waals surface area contributed by atoms with Crippen LogP contribution in [0.15, 0.2) is 0 Å². The van der Waals surface area contributed by atoms with Gasteiger partial charge in [0.15, 0.2) is 11.8 Å². The first kappa shape index (κ1) is 23.0. The van der Waals surface area contributed by atoms with Crippen molar-refractivity contribution in [1.82, 2.24) is 10.2 Å². The van der Waals surface area contributed by atoms with Crippen molar-refractivity contribution in [2.75, 3.05) is 6.54 Å². The summed E-state index contributed by atoms with van der Waals surface area (Å²) in [5.41, 5.74) is 4.92. The van der Waals surface area contributed by atoms with E-state index in [-0.39, 0.29) is 12.3 Å². The number of nitrogens with zero attached hydrogens (tertiary/aromatic N) is 1. The van der Waals surface area contributed by atoms with Gasteiger partial charge in [0.25, 0.3) is 0 Å². The number of Topliss-reactive ketones (excluding diaryl/α,β-unsaturated/α-hetero) is 1. The van der Waals surface area contributed by atoms with Gasteiger partial charge < -0.3 is 20.9 Å². The Morgan fingerprint density at radius 3 is 2.26 bits per heavy atom. The molecule has 0 aromatic carbocycles. The Morgan fingerprint density at radius 2 is 1.85 bits per heavy atom. The Hall–Kier alpha value is -2.00. The highest BCUT2D eigenvalue weighted by Crippen LogP contribution is 2.18. The lowest BCUT2D eigenvalue weighted by molar-refractivity contribution is -0.155. The van der Waals surface area contributed by atoms with Crippen LogP contribution in [0.5, 0.6) is 0 Å². The molecule has 3 atom stereocenters. The van der Waals surface area contributed by atoms with Crippen LogP contribution in [0, 0.1) is 5.92 Å². The molecule has 1 aliphatic heterocycles. The van der Waals surface area contributed by atoms with Crippen LogP contribution in [0.25, 0.3) is 0 Å². The molecule has 27 heavy (non-hydrogen) atoms. The van der Waals surface area contributed by atoms with Crippen LogP contribution in [0.2, 0.25) is 0 Å². The van der Waals surface area contributed by atoms with E-state index < -0.39 is 47.5 Å². The molecule has 9 heteroatoms. The van der Waals surface area contributed by atoms with Crippen molar-refractivity contribution in [1.29, 1.82) is 0 Å². The van der Waals surface area contributed by atoms with Crippen LogP contribution in [-0.2, 0) is 19.1 Å². The van der Waals surface area contributed by atoms with Crippen LogP contribution >= 0.6 is 0 Å². The molecule has 1 rings (SSSR count). The lowest BCUT2D eigenvalue weighted by Gasteiger charge is -2.32. The molecule has 0 aromatic heterocycles. The molecule has 9 nitrogen and oxygen atoms in total. The second-order valence-corrected chi connectivity index (χ2v) is 8.22. The van der Waals surface area contributed by atoms with Crippen LogP contribution in [0.3, 0.4) is 0 Å². The van der Waals surface area contributed by atoms with E-state index in [4.69, 9.17) is 10.5 Å². The molecule has 3 unspecified atom stereocenters. The zero-order valence-corrected chi connectivity index (χ0v) is 16.7. The van der Waals surface area contributed by atoms with Gasteiger partial charge in [0.2, 0.25) is 5.91 Å². The van der Waals surface area contributed by atoms with Gasteiger partial charge in [0, 0.05) is 0 Å². The van der Waals surface area contributed by atoms with Gasteiger partial charge in [-0.3, -0.25) is 9.59 Å². The Bertz CT molecular complexity index is 578. The van der Waals surface area contributed by atoms with Crippen molar-refractivity contribution in [2.24, 2.45) is 11.7 Å². The number of carbonyl (C=O) groups excluding carboxylic acids is 3. The number of carbonyl (C=O) groups is 4. The summed E-state index contributed by atoms with van der Waals surface area (Å²) in [6.45, 7) is 8.99. The van der Waals surface area contributed by atoms with Crippen molar-refractivity contribution in [3.8, 4) is 0 Å². The highest BCUT2D eigenvalue weighted by atomic mass is 16.6. The molecule has 0 bridgehead atoms. The van der Waals surface area contributed by atoms with Gasteiger partial charge in [-0.25, -0.2) is 14.5 Å². The van der Waals surface area contributed by atoms with E-state index in [1.165, 1.54) is 0 Å². The van der Waals surface area contributed by atoms with E-state index in [0.717, 1.165) is 0 Å². The topological polar surface area (TPSA) is 139 Å². The SMILES string of the molecule is CC(C)CC(N)C(=O)N(C(=O)OC(C)(C)C)C(C(=O)O)C(=O)C1CCCN1. The third-order valence-corrected chi connectivity index (χ3v) is 4.04. The number of carboxylic acid groups (broad SMARTS) is 1. The molecular formula is C18H31N3O6. The quantitative estimate of drug-likeness (QED) is 0.549. The fraction of sp³-hybridized carbons (Fsp3) is 0.778. The normalized spacial score (nSPS) is 19.4. The maximum Gasteiger partial charge on any atom is 0.418 e. The highest BCUT2D eigenvalue weighted by molar-refractivity contribution is 6.12. The van der Waals surface area contributed by atoms with Crippen LogP contribution < -0.4 is 11.1 Å². The van der Waals surface area contributed by atoms with Crippen LogP contribution in [-0.4, -0.2) is 64.0 Å². The lowest BCUT2D eigenvalue weighted by Crippen LogP contribution is -2.60. The standard InChI is InChI=1S/C18H31N3O6/c1-10(2)9-11(19)15(23)21(17(26)27-18(3,4)5)13(16(24)25)14(22)12-7-6-8-20-12/h10-13,20H,6-9,19H2,1-5H3,(H,24,25). The number of imide groups is 1. The number of ether oxygens (including phenoxy) is 1. The Labute approximate surface area is 159 Å². The fourth-order valence-electron chi connectivity index (χ4n) is 2.90. The maximum absolute atomic E-state index is 12.8. The monoisotopic (exact) mass is 385 g/mol. The number of ketones is 1. The molecule has 1 fully saturated rings. The van der Waals surface area contributed by atoms with Crippen LogP contribution in [0.4, 0.5) is 4.79 Å². The molecule has 1 aliphatic rings. The van der Waals surface area contributed by atoms with Gasteiger partial charge in [-0.2, -0.15) is 0 Å². The van der Waals surface area contributed by atoms with Crippen molar-refractivity contribution < 1.29 is 29.0 Å².